The number of aliphatic imine (C=N–C) groups is 1. The minimum absolute atomic E-state index is 0.595. The number of ether oxygens (including phenoxy) is 1. The van der Waals surface area contributed by atoms with Crippen LogP contribution in [0.15, 0.2) is 41.5 Å². The summed E-state index contributed by atoms with van der Waals surface area (Å²) in [5, 5.41) is 6.50. The van der Waals surface area contributed by atoms with Crippen LogP contribution in [0.4, 0.5) is 0 Å². The van der Waals surface area contributed by atoms with Crippen molar-refractivity contribution in [2.45, 2.75) is 19.9 Å². The van der Waals surface area contributed by atoms with Crippen LogP contribution in [-0.2, 0) is 11.3 Å². The van der Waals surface area contributed by atoms with Gasteiger partial charge in [0.1, 0.15) is 5.82 Å². The third-order valence-electron chi connectivity index (χ3n) is 3.32. The highest BCUT2D eigenvalue weighted by molar-refractivity contribution is 5.79. The van der Waals surface area contributed by atoms with Crippen molar-refractivity contribution in [2.75, 3.05) is 26.8 Å². The number of aromatic amines is 1. The molecule has 0 spiro atoms. The normalized spacial score (nSPS) is 11.5. The second-order valence-electron chi connectivity index (χ2n) is 5.01. The zero-order chi connectivity index (χ0) is 16.3. The van der Waals surface area contributed by atoms with E-state index in [1.165, 1.54) is 0 Å². The summed E-state index contributed by atoms with van der Waals surface area (Å²) in [6.45, 7) is 4.94. The van der Waals surface area contributed by atoms with Gasteiger partial charge in [-0.15, -0.1) is 0 Å². The van der Waals surface area contributed by atoms with E-state index < -0.39 is 0 Å². The number of hydrogen-bond donors (Lipinski definition) is 3. The summed E-state index contributed by atoms with van der Waals surface area (Å²) < 4.78 is 5.31. The lowest BCUT2D eigenvalue weighted by Gasteiger charge is -2.10. The number of nitrogens with one attached hydrogen (secondary N) is 3. The van der Waals surface area contributed by atoms with Crippen LogP contribution in [0.2, 0.25) is 0 Å². The van der Waals surface area contributed by atoms with Gasteiger partial charge in [0.25, 0.3) is 0 Å². The van der Waals surface area contributed by atoms with Gasteiger partial charge in [-0.2, -0.15) is 0 Å². The van der Waals surface area contributed by atoms with Gasteiger partial charge in [0.05, 0.1) is 18.4 Å². The molecule has 2 rings (SSSR count). The average Bonchev–Trinajstić information content (AvgIpc) is 3.07. The van der Waals surface area contributed by atoms with Crippen LogP contribution in [0.3, 0.4) is 0 Å². The van der Waals surface area contributed by atoms with E-state index in [4.69, 9.17) is 4.74 Å². The van der Waals surface area contributed by atoms with Crippen LogP contribution >= 0.6 is 0 Å². The molecule has 0 saturated heterocycles. The Labute approximate surface area is 137 Å². The summed E-state index contributed by atoms with van der Waals surface area (Å²) in [5.41, 5.74) is 2.15. The number of nitrogens with zero attached hydrogens (tertiary/aromatic N) is 2. The highest BCUT2D eigenvalue weighted by Gasteiger charge is 2.04. The van der Waals surface area contributed by atoms with E-state index in [9.17, 15) is 0 Å². The first kappa shape index (κ1) is 17.0. The number of H-pyrrole nitrogens is 1. The number of guanidine groups is 1. The maximum atomic E-state index is 5.31. The quantitative estimate of drug-likeness (QED) is 0.396. The first-order valence-corrected chi connectivity index (χ1v) is 7.95. The van der Waals surface area contributed by atoms with Gasteiger partial charge in [0.2, 0.25) is 0 Å². The minimum atomic E-state index is 0.595. The third kappa shape index (κ3) is 5.75. The molecule has 1 aromatic heterocycles. The van der Waals surface area contributed by atoms with E-state index in [0.29, 0.717) is 6.54 Å². The van der Waals surface area contributed by atoms with Crippen molar-refractivity contribution >= 4 is 5.96 Å². The summed E-state index contributed by atoms with van der Waals surface area (Å²) >= 11 is 0. The predicted octanol–water partition coefficient (Wildman–Crippen LogP) is 2.17. The fraction of sp³-hybridized carbons (Fsp3) is 0.412. The average molecular weight is 315 g/mol. The molecule has 0 amide bonds. The lowest BCUT2D eigenvalue weighted by Crippen LogP contribution is -2.37. The molecule has 0 bridgehead atoms. The summed E-state index contributed by atoms with van der Waals surface area (Å²) in [6.07, 6.45) is 2.80. The molecule has 0 saturated carbocycles. The highest BCUT2D eigenvalue weighted by atomic mass is 16.5. The van der Waals surface area contributed by atoms with Gasteiger partial charge in [-0.1, -0.05) is 30.3 Å². The topological polar surface area (TPSA) is 74.3 Å². The molecule has 0 fully saturated rings. The van der Waals surface area contributed by atoms with Crippen LogP contribution in [0.25, 0.3) is 11.3 Å². The molecule has 3 N–H and O–H groups in total. The Morgan fingerprint density at radius 2 is 2.09 bits per heavy atom. The van der Waals surface area contributed by atoms with Crippen LogP contribution in [-0.4, -0.2) is 42.7 Å². The van der Waals surface area contributed by atoms with Crippen molar-refractivity contribution < 1.29 is 4.74 Å². The lowest BCUT2D eigenvalue weighted by molar-refractivity contribution is 0.145. The number of benzene rings is 1. The molecule has 0 unspecified atom stereocenters. The lowest BCUT2D eigenvalue weighted by atomic mass is 10.2. The van der Waals surface area contributed by atoms with Gasteiger partial charge in [0.15, 0.2) is 5.96 Å². The molecular formula is C17H25N5O. The molecule has 23 heavy (non-hydrogen) atoms. The molecular weight excluding hydrogens is 290 g/mol. The number of hydrogen-bond acceptors (Lipinski definition) is 3. The first-order valence-electron chi connectivity index (χ1n) is 7.95. The Bertz CT molecular complexity index is 594. The molecule has 1 heterocycles. The molecule has 0 atom stereocenters. The maximum absolute atomic E-state index is 5.31. The van der Waals surface area contributed by atoms with Crippen LogP contribution in [0.1, 0.15) is 19.2 Å². The molecule has 124 valence electrons. The van der Waals surface area contributed by atoms with Crippen molar-refractivity contribution in [1.82, 2.24) is 20.6 Å². The molecule has 0 aliphatic rings. The van der Waals surface area contributed by atoms with E-state index in [1.54, 1.807) is 7.05 Å². The van der Waals surface area contributed by atoms with Gasteiger partial charge >= 0.3 is 0 Å². The van der Waals surface area contributed by atoms with Crippen LogP contribution in [0.5, 0.6) is 0 Å². The van der Waals surface area contributed by atoms with E-state index in [2.05, 4.69) is 37.7 Å². The molecule has 0 radical (unpaired) electrons. The summed E-state index contributed by atoms with van der Waals surface area (Å²) in [7, 11) is 1.76. The van der Waals surface area contributed by atoms with E-state index in [0.717, 1.165) is 49.2 Å². The number of imidazole rings is 1. The van der Waals surface area contributed by atoms with Crippen molar-refractivity contribution in [3.05, 3.63) is 42.4 Å². The fourth-order valence-corrected chi connectivity index (χ4v) is 2.13. The van der Waals surface area contributed by atoms with Crippen molar-refractivity contribution in [3.63, 3.8) is 0 Å². The van der Waals surface area contributed by atoms with Crippen LogP contribution < -0.4 is 10.6 Å². The van der Waals surface area contributed by atoms with Gasteiger partial charge in [-0.05, 0) is 18.9 Å². The van der Waals surface area contributed by atoms with Crippen LogP contribution in [0, 0.1) is 0 Å². The van der Waals surface area contributed by atoms with Crippen molar-refractivity contribution in [3.8, 4) is 11.3 Å². The highest BCUT2D eigenvalue weighted by Crippen LogP contribution is 2.15. The molecule has 6 heteroatoms. The standard InChI is InChI=1S/C17H25N5O/c1-3-23-11-7-10-19-17(18-2)21-13-16-20-12-15(22-16)14-8-5-4-6-9-14/h4-6,8-9,12H,3,7,10-11,13H2,1-2H3,(H,20,22)(H2,18,19,21). The van der Waals surface area contributed by atoms with Gasteiger partial charge in [-0.25, -0.2) is 4.98 Å². The smallest absolute Gasteiger partial charge is 0.191 e. The summed E-state index contributed by atoms with van der Waals surface area (Å²) in [6, 6.07) is 10.2. The zero-order valence-electron chi connectivity index (χ0n) is 13.8. The monoisotopic (exact) mass is 315 g/mol. The Morgan fingerprint density at radius 1 is 1.26 bits per heavy atom. The van der Waals surface area contributed by atoms with E-state index in [1.807, 2.05) is 31.3 Å². The van der Waals surface area contributed by atoms with Crippen molar-refractivity contribution in [2.24, 2.45) is 4.99 Å². The fourth-order valence-electron chi connectivity index (χ4n) is 2.13. The SMILES string of the molecule is CCOCCCNC(=NC)NCc1ncc(-c2ccccc2)[nH]1. The summed E-state index contributed by atoms with van der Waals surface area (Å²) in [5.74, 6) is 1.64. The molecule has 2 aromatic rings. The Hall–Kier alpha value is -2.34. The number of aromatic nitrogens is 2. The Balaban J connectivity index is 1.77. The van der Waals surface area contributed by atoms with Gasteiger partial charge in [-0.3, -0.25) is 4.99 Å². The predicted molar refractivity (Wildman–Crippen MR) is 93.3 cm³/mol. The number of rotatable bonds is 8. The second kappa shape index (κ2) is 9.63. The summed E-state index contributed by atoms with van der Waals surface area (Å²) in [4.78, 5) is 11.9. The van der Waals surface area contributed by atoms with E-state index in [-0.39, 0.29) is 0 Å². The molecule has 0 aliphatic carbocycles. The maximum Gasteiger partial charge on any atom is 0.191 e. The molecule has 0 aliphatic heterocycles. The molecule has 1 aromatic carbocycles. The Morgan fingerprint density at radius 3 is 2.83 bits per heavy atom. The zero-order valence-corrected chi connectivity index (χ0v) is 13.8. The molecule has 6 nitrogen and oxygen atoms in total. The largest absolute Gasteiger partial charge is 0.382 e. The van der Waals surface area contributed by atoms with Gasteiger partial charge in [0, 0.05) is 26.8 Å². The van der Waals surface area contributed by atoms with Crippen molar-refractivity contribution in [1.29, 1.82) is 0 Å². The first-order chi connectivity index (χ1) is 11.3. The Kier molecular flexibility index (Phi) is 7.13. The minimum Gasteiger partial charge on any atom is -0.382 e. The van der Waals surface area contributed by atoms with E-state index >= 15 is 0 Å². The third-order valence-corrected chi connectivity index (χ3v) is 3.32. The van der Waals surface area contributed by atoms with Gasteiger partial charge < -0.3 is 20.4 Å². The second-order valence-corrected chi connectivity index (χ2v) is 5.01.